The van der Waals surface area contributed by atoms with Crippen molar-refractivity contribution in [3.63, 3.8) is 0 Å². The maximum atomic E-state index is 9.57. The van der Waals surface area contributed by atoms with Crippen LogP contribution >= 0.6 is 11.6 Å². The largest absolute Gasteiger partial charge is 0.464 e. The van der Waals surface area contributed by atoms with Gasteiger partial charge in [0.25, 0.3) is 0 Å². The molecule has 2 N–H and O–H groups in total. The van der Waals surface area contributed by atoms with E-state index in [0.717, 1.165) is 42.7 Å². The van der Waals surface area contributed by atoms with Crippen molar-refractivity contribution in [2.75, 3.05) is 5.32 Å². The molecule has 2 aromatic heterocycles. The first kappa shape index (κ1) is 13.5. The van der Waals surface area contributed by atoms with E-state index in [1.54, 1.807) is 12.5 Å². The Kier molecular flexibility index (Phi) is 3.94. The van der Waals surface area contributed by atoms with Gasteiger partial charge in [0, 0.05) is 17.9 Å². The number of hydrogen-bond acceptors (Lipinski definition) is 4. The second-order valence-electron chi connectivity index (χ2n) is 5.18. The number of aliphatic hydroxyl groups excluding tert-OH is 1. The van der Waals surface area contributed by atoms with E-state index in [1.807, 2.05) is 18.2 Å². The monoisotopic (exact) mass is 292 g/mol. The molecule has 0 atom stereocenters. The summed E-state index contributed by atoms with van der Waals surface area (Å²) in [6, 6.07) is 5.93. The molecule has 0 saturated heterocycles. The minimum atomic E-state index is -0.154. The highest BCUT2D eigenvalue weighted by atomic mass is 35.5. The van der Waals surface area contributed by atoms with Gasteiger partial charge < -0.3 is 14.8 Å². The van der Waals surface area contributed by atoms with Crippen LogP contribution in [0.25, 0.3) is 11.3 Å². The lowest BCUT2D eigenvalue weighted by atomic mass is 9.93. The van der Waals surface area contributed by atoms with Crippen LogP contribution in [0.1, 0.15) is 25.7 Å². The van der Waals surface area contributed by atoms with Gasteiger partial charge in [-0.25, -0.2) is 4.98 Å². The first-order valence-corrected chi connectivity index (χ1v) is 7.24. The van der Waals surface area contributed by atoms with Gasteiger partial charge in [0.05, 0.1) is 17.9 Å². The quantitative estimate of drug-likeness (QED) is 0.847. The zero-order chi connectivity index (χ0) is 13.9. The van der Waals surface area contributed by atoms with Crippen LogP contribution in [0.3, 0.4) is 0 Å². The van der Waals surface area contributed by atoms with Gasteiger partial charge >= 0.3 is 0 Å². The van der Waals surface area contributed by atoms with E-state index in [9.17, 15) is 5.11 Å². The summed E-state index contributed by atoms with van der Waals surface area (Å²) in [5, 5.41) is 13.5. The zero-order valence-electron chi connectivity index (χ0n) is 11.1. The summed E-state index contributed by atoms with van der Waals surface area (Å²) in [6.07, 6.45) is 6.81. The van der Waals surface area contributed by atoms with Crippen molar-refractivity contribution in [1.82, 2.24) is 4.98 Å². The summed E-state index contributed by atoms with van der Waals surface area (Å²) in [5.41, 5.74) is 1.84. The third kappa shape index (κ3) is 2.97. The Hall–Kier alpha value is -1.52. The molecule has 0 unspecified atom stereocenters. The average Bonchev–Trinajstić information content (AvgIpc) is 2.95. The van der Waals surface area contributed by atoms with Gasteiger partial charge in [-0.1, -0.05) is 11.6 Å². The third-order valence-corrected chi connectivity index (χ3v) is 3.92. The van der Waals surface area contributed by atoms with Gasteiger partial charge in [-0.15, -0.1) is 0 Å². The van der Waals surface area contributed by atoms with Gasteiger partial charge in [0.15, 0.2) is 0 Å². The van der Waals surface area contributed by atoms with Gasteiger partial charge in [0.2, 0.25) is 0 Å². The molecule has 1 saturated carbocycles. The van der Waals surface area contributed by atoms with Crippen molar-refractivity contribution < 1.29 is 9.52 Å². The summed E-state index contributed by atoms with van der Waals surface area (Å²) in [7, 11) is 0. The number of nitrogens with zero attached hydrogens (tertiary/aromatic N) is 1. The number of rotatable bonds is 3. The van der Waals surface area contributed by atoms with E-state index in [1.165, 1.54) is 0 Å². The Morgan fingerprint density at radius 3 is 2.80 bits per heavy atom. The van der Waals surface area contributed by atoms with Crippen molar-refractivity contribution in [1.29, 1.82) is 0 Å². The minimum absolute atomic E-state index is 0.154. The fourth-order valence-electron chi connectivity index (χ4n) is 2.62. The first-order chi connectivity index (χ1) is 9.72. The Balaban J connectivity index is 1.83. The second kappa shape index (κ2) is 5.85. The molecule has 0 aromatic carbocycles. The topological polar surface area (TPSA) is 58.3 Å². The summed E-state index contributed by atoms with van der Waals surface area (Å²) >= 11 is 6.00. The molecule has 0 spiro atoms. The number of anilines is 1. The van der Waals surface area contributed by atoms with E-state index in [2.05, 4.69) is 10.3 Å². The molecule has 0 radical (unpaired) electrons. The van der Waals surface area contributed by atoms with Gasteiger partial charge in [-0.3, -0.25) is 0 Å². The zero-order valence-corrected chi connectivity index (χ0v) is 11.8. The molecule has 1 aliphatic carbocycles. The Morgan fingerprint density at radius 1 is 1.30 bits per heavy atom. The van der Waals surface area contributed by atoms with E-state index in [-0.39, 0.29) is 6.10 Å². The summed E-state index contributed by atoms with van der Waals surface area (Å²) in [4.78, 5) is 4.13. The second-order valence-corrected chi connectivity index (χ2v) is 5.57. The molecule has 3 rings (SSSR count). The molecule has 2 heterocycles. The highest BCUT2D eigenvalue weighted by Gasteiger charge is 2.20. The van der Waals surface area contributed by atoms with E-state index in [0.29, 0.717) is 11.2 Å². The summed E-state index contributed by atoms with van der Waals surface area (Å²) < 4.78 is 5.44. The van der Waals surface area contributed by atoms with Gasteiger partial charge in [-0.2, -0.15) is 0 Å². The maximum Gasteiger partial charge on any atom is 0.137 e. The lowest BCUT2D eigenvalue weighted by Gasteiger charge is -2.27. The van der Waals surface area contributed by atoms with Crippen molar-refractivity contribution in [2.24, 2.45) is 0 Å². The fraction of sp³-hybridized carbons (Fsp3) is 0.400. The van der Waals surface area contributed by atoms with Crippen LogP contribution in [0.15, 0.2) is 35.1 Å². The first-order valence-electron chi connectivity index (χ1n) is 6.86. The lowest BCUT2D eigenvalue weighted by Crippen LogP contribution is -2.28. The predicted octanol–water partition coefficient (Wildman–Crippen LogP) is 3.71. The molecular formula is C15H17ClN2O2. The maximum absolute atomic E-state index is 9.57. The van der Waals surface area contributed by atoms with Gasteiger partial charge in [0.1, 0.15) is 10.9 Å². The number of furan rings is 1. The van der Waals surface area contributed by atoms with Crippen LogP contribution in [0, 0.1) is 0 Å². The van der Waals surface area contributed by atoms with Crippen LogP contribution in [0.5, 0.6) is 0 Å². The van der Waals surface area contributed by atoms with Crippen molar-refractivity contribution in [3.8, 4) is 11.3 Å². The van der Waals surface area contributed by atoms with E-state index >= 15 is 0 Å². The molecule has 0 amide bonds. The van der Waals surface area contributed by atoms with Crippen LogP contribution in [0.2, 0.25) is 5.15 Å². The SMILES string of the molecule is OC1CCC(Nc2cc(Cl)ncc2-c2ccco2)CC1. The number of aromatic nitrogens is 1. The number of aliphatic hydroxyl groups is 1. The average molecular weight is 293 g/mol. The van der Waals surface area contributed by atoms with Crippen LogP contribution < -0.4 is 5.32 Å². The number of hydrogen-bond donors (Lipinski definition) is 2. The van der Waals surface area contributed by atoms with E-state index in [4.69, 9.17) is 16.0 Å². The Morgan fingerprint density at radius 2 is 2.10 bits per heavy atom. The normalized spacial score (nSPS) is 22.7. The Labute approximate surface area is 122 Å². The van der Waals surface area contributed by atoms with Crippen molar-refractivity contribution in [2.45, 2.75) is 37.8 Å². The standard InChI is InChI=1S/C15H17ClN2O2/c16-15-8-13(18-10-3-5-11(19)6-4-10)12(9-17-15)14-2-1-7-20-14/h1-2,7-11,19H,3-6H2,(H,17,18). The fourth-order valence-corrected chi connectivity index (χ4v) is 2.78. The summed E-state index contributed by atoms with van der Waals surface area (Å²) in [5.74, 6) is 0.771. The number of pyridine rings is 1. The molecule has 20 heavy (non-hydrogen) atoms. The Bertz CT molecular complexity index is 563. The highest BCUT2D eigenvalue weighted by Crippen LogP contribution is 2.32. The molecule has 5 heteroatoms. The van der Waals surface area contributed by atoms with Crippen LogP contribution in [0.4, 0.5) is 5.69 Å². The number of nitrogens with one attached hydrogen (secondary N) is 1. The molecule has 106 valence electrons. The highest BCUT2D eigenvalue weighted by molar-refractivity contribution is 6.29. The molecule has 1 fully saturated rings. The lowest BCUT2D eigenvalue weighted by molar-refractivity contribution is 0.126. The smallest absolute Gasteiger partial charge is 0.137 e. The minimum Gasteiger partial charge on any atom is -0.464 e. The third-order valence-electron chi connectivity index (χ3n) is 3.71. The molecule has 0 aliphatic heterocycles. The molecule has 0 bridgehead atoms. The van der Waals surface area contributed by atoms with Crippen molar-refractivity contribution in [3.05, 3.63) is 35.8 Å². The molecule has 4 nitrogen and oxygen atoms in total. The molecular weight excluding hydrogens is 276 g/mol. The van der Waals surface area contributed by atoms with Crippen LogP contribution in [-0.4, -0.2) is 22.2 Å². The summed E-state index contributed by atoms with van der Waals surface area (Å²) in [6.45, 7) is 0. The predicted molar refractivity (Wildman–Crippen MR) is 78.8 cm³/mol. The number of halogens is 1. The van der Waals surface area contributed by atoms with E-state index < -0.39 is 0 Å². The molecule has 1 aliphatic rings. The van der Waals surface area contributed by atoms with Crippen LogP contribution in [-0.2, 0) is 0 Å². The molecule has 2 aromatic rings. The van der Waals surface area contributed by atoms with Crippen molar-refractivity contribution >= 4 is 17.3 Å². The van der Waals surface area contributed by atoms with Gasteiger partial charge in [-0.05, 0) is 43.9 Å².